The summed E-state index contributed by atoms with van der Waals surface area (Å²) in [5.41, 5.74) is 0. The van der Waals surface area contributed by atoms with E-state index in [-0.39, 0.29) is 0 Å². The molecule has 0 nitrogen and oxygen atoms in total. The van der Waals surface area contributed by atoms with Crippen molar-refractivity contribution in [3.05, 3.63) is 24.3 Å². The summed E-state index contributed by atoms with van der Waals surface area (Å²) in [7, 11) is 14.8. The summed E-state index contributed by atoms with van der Waals surface area (Å²) >= 11 is -1.66. The van der Waals surface area contributed by atoms with E-state index in [1.54, 1.807) is 0 Å². The molecular weight excluding hydrogens is 305 g/mol. The van der Waals surface area contributed by atoms with Gasteiger partial charge >= 0.3 is 42.1 Å². The molecule has 0 heterocycles. The van der Waals surface area contributed by atoms with Crippen LogP contribution in [0.4, 0.5) is 0 Å². The second-order valence-electron chi connectivity index (χ2n) is 2.24. The van der Waals surface area contributed by atoms with Crippen molar-refractivity contribution in [1.82, 2.24) is 0 Å². The summed E-state index contributed by atoms with van der Waals surface area (Å²) in [6.07, 6.45) is 14.0. The standard InChI is InChI=1S/C8H12.3ClH.Rh/c1-2-4-6-8-7-5-3-1;;;;/h1-2,7-8H,3-6H2;3*1H;/q;;;;+3/p-3/b2-1-,8-7-;;;;. The zero-order valence-electron chi connectivity index (χ0n) is 6.61. The van der Waals surface area contributed by atoms with Gasteiger partial charge in [0, 0.05) is 0 Å². The predicted molar refractivity (Wildman–Crippen MR) is 54.3 cm³/mol. The Morgan fingerprint density at radius 3 is 1.00 bits per heavy atom. The van der Waals surface area contributed by atoms with E-state index in [0.29, 0.717) is 0 Å². The Kier molecular flexibility index (Phi) is 10.9. The van der Waals surface area contributed by atoms with E-state index >= 15 is 0 Å². The first kappa shape index (κ1) is 13.0. The van der Waals surface area contributed by atoms with Gasteiger partial charge < -0.3 is 0 Å². The van der Waals surface area contributed by atoms with E-state index in [2.05, 4.69) is 24.3 Å². The van der Waals surface area contributed by atoms with Crippen LogP contribution in [0.2, 0.25) is 0 Å². The van der Waals surface area contributed by atoms with E-state index in [9.17, 15) is 0 Å². The minimum atomic E-state index is -1.66. The molecule has 1 aliphatic carbocycles. The van der Waals surface area contributed by atoms with Crippen molar-refractivity contribution in [3.8, 4) is 0 Å². The molecule has 0 atom stereocenters. The maximum atomic E-state index is 4.94. The third-order valence-corrected chi connectivity index (χ3v) is 1.33. The van der Waals surface area contributed by atoms with Crippen LogP contribution in [-0.4, -0.2) is 0 Å². The van der Waals surface area contributed by atoms with Crippen molar-refractivity contribution < 1.29 is 13.0 Å². The third-order valence-electron chi connectivity index (χ3n) is 1.33. The molecule has 1 rings (SSSR count). The molecule has 0 saturated carbocycles. The van der Waals surface area contributed by atoms with Crippen LogP contribution >= 0.6 is 29.1 Å². The van der Waals surface area contributed by atoms with E-state index < -0.39 is 13.0 Å². The Labute approximate surface area is 91.6 Å². The molecular formula is C8H12Cl3Rh. The van der Waals surface area contributed by atoms with Crippen molar-refractivity contribution in [2.24, 2.45) is 0 Å². The predicted octanol–water partition coefficient (Wildman–Crippen LogP) is 4.74. The van der Waals surface area contributed by atoms with Crippen molar-refractivity contribution in [2.45, 2.75) is 25.7 Å². The monoisotopic (exact) mass is 316 g/mol. The maximum absolute atomic E-state index is 4.94. The van der Waals surface area contributed by atoms with Crippen LogP contribution in [0.3, 0.4) is 0 Å². The fourth-order valence-electron chi connectivity index (χ4n) is 0.856. The Hall–Kier alpha value is 0.973. The van der Waals surface area contributed by atoms with Crippen LogP contribution in [0.5, 0.6) is 0 Å². The molecule has 1 aliphatic rings. The van der Waals surface area contributed by atoms with E-state index in [1.165, 1.54) is 25.7 Å². The molecule has 74 valence electrons. The van der Waals surface area contributed by atoms with E-state index in [4.69, 9.17) is 29.1 Å². The zero-order chi connectivity index (χ0) is 9.23. The van der Waals surface area contributed by atoms with Crippen LogP contribution in [0.25, 0.3) is 0 Å². The molecule has 0 unspecified atom stereocenters. The van der Waals surface area contributed by atoms with Gasteiger partial charge in [0.05, 0.1) is 0 Å². The van der Waals surface area contributed by atoms with Crippen LogP contribution < -0.4 is 0 Å². The molecule has 0 aliphatic heterocycles. The van der Waals surface area contributed by atoms with Gasteiger partial charge in [-0.25, -0.2) is 0 Å². The number of hydrogen-bond donors (Lipinski definition) is 0. The second kappa shape index (κ2) is 10.1. The molecule has 0 bridgehead atoms. The van der Waals surface area contributed by atoms with Crippen molar-refractivity contribution in [1.29, 1.82) is 0 Å². The fourth-order valence-corrected chi connectivity index (χ4v) is 0.856. The van der Waals surface area contributed by atoms with Gasteiger partial charge in [0.1, 0.15) is 0 Å². The Morgan fingerprint density at radius 1 is 0.667 bits per heavy atom. The summed E-state index contributed by atoms with van der Waals surface area (Å²) in [4.78, 5) is 0. The summed E-state index contributed by atoms with van der Waals surface area (Å²) < 4.78 is 0. The Bertz CT molecular complexity index is 114. The Balaban J connectivity index is 0.000000261. The van der Waals surface area contributed by atoms with Crippen molar-refractivity contribution >= 4 is 29.1 Å². The van der Waals surface area contributed by atoms with Gasteiger partial charge in [-0.2, -0.15) is 0 Å². The molecule has 12 heavy (non-hydrogen) atoms. The van der Waals surface area contributed by atoms with Crippen LogP contribution in [0.15, 0.2) is 24.3 Å². The molecule has 0 N–H and O–H groups in total. The second-order valence-corrected chi connectivity index (χ2v) is 9.70. The number of rotatable bonds is 0. The van der Waals surface area contributed by atoms with Crippen LogP contribution in [0.1, 0.15) is 25.7 Å². The summed E-state index contributed by atoms with van der Waals surface area (Å²) in [6, 6.07) is 0. The average Bonchev–Trinajstić information content (AvgIpc) is 1.82. The molecule has 4 heteroatoms. The topological polar surface area (TPSA) is 0 Å². The van der Waals surface area contributed by atoms with Crippen LogP contribution in [0, 0.1) is 0 Å². The van der Waals surface area contributed by atoms with E-state index in [1.807, 2.05) is 0 Å². The van der Waals surface area contributed by atoms with Crippen LogP contribution in [-0.2, 0) is 13.0 Å². The first-order chi connectivity index (χ1) is 5.73. The van der Waals surface area contributed by atoms with Gasteiger partial charge in [0.25, 0.3) is 0 Å². The third kappa shape index (κ3) is 13.6. The molecule has 0 fully saturated rings. The Morgan fingerprint density at radius 2 is 0.833 bits per heavy atom. The molecule has 0 spiro atoms. The SMILES string of the molecule is C1=C\CC/C=C\CC/1.[Cl][Rh]([Cl])[Cl]. The summed E-state index contributed by atoms with van der Waals surface area (Å²) in [5, 5.41) is 0. The zero-order valence-corrected chi connectivity index (χ0v) is 10.5. The minimum absolute atomic E-state index is 1.23. The first-order valence-corrected chi connectivity index (χ1v) is 10.0. The molecule has 0 aromatic heterocycles. The van der Waals surface area contributed by atoms with Gasteiger partial charge in [0.2, 0.25) is 0 Å². The number of halogens is 3. The molecule has 0 saturated heterocycles. The molecule has 0 amide bonds. The van der Waals surface area contributed by atoms with Crippen molar-refractivity contribution in [3.63, 3.8) is 0 Å². The number of allylic oxidation sites excluding steroid dienone is 4. The van der Waals surface area contributed by atoms with Gasteiger partial charge in [-0.15, -0.1) is 0 Å². The van der Waals surface area contributed by atoms with E-state index in [0.717, 1.165) is 0 Å². The molecule has 0 aromatic rings. The quantitative estimate of drug-likeness (QED) is 0.447. The van der Waals surface area contributed by atoms with Crippen molar-refractivity contribution in [2.75, 3.05) is 0 Å². The number of hydrogen-bond acceptors (Lipinski definition) is 0. The molecule has 0 aromatic carbocycles. The van der Waals surface area contributed by atoms with Gasteiger partial charge in [0.15, 0.2) is 0 Å². The first-order valence-electron chi connectivity index (χ1n) is 3.68. The normalized spacial score (nSPS) is 22.4. The summed E-state index contributed by atoms with van der Waals surface area (Å²) in [5.74, 6) is 0. The van der Waals surface area contributed by atoms with Gasteiger partial charge in [-0.1, -0.05) is 24.3 Å². The fraction of sp³-hybridized carbons (Fsp3) is 0.500. The summed E-state index contributed by atoms with van der Waals surface area (Å²) in [6.45, 7) is 0. The van der Waals surface area contributed by atoms with Gasteiger partial charge in [-0.3, -0.25) is 0 Å². The average molecular weight is 317 g/mol. The van der Waals surface area contributed by atoms with Gasteiger partial charge in [-0.05, 0) is 25.7 Å². The molecule has 0 radical (unpaired) electrons.